The number of nitrogens with one attached hydrogen (secondary N) is 2. The van der Waals surface area contributed by atoms with Crippen molar-refractivity contribution in [1.82, 2.24) is 15.8 Å². The lowest BCUT2D eigenvalue weighted by Crippen LogP contribution is -2.41. The standard InChI is InChI=1S/C22H20FN3O6/c1-2-32-18(27)11-25-26-21(29)16-9-17(22(30)31)20(28)19-15(16)8-13(10-24-19)7-12-3-5-14(23)6-4-12/h3-6,8-10,25,28H,2,7,11H2,1H3,(H,26,29)(H,30,31). The molecular weight excluding hydrogens is 421 g/mol. The van der Waals surface area contributed by atoms with Crippen molar-refractivity contribution >= 4 is 28.7 Å². The maximum absolute atomic E-state index is 13.2. The highest BCUT2D eigenvalue weighted by molar-refractivity contribution is 6.11. The Morgan fingerprint density at radius 1 is 1.09 bits per heavy atom. The van der Waals surface area contributed by atoms with Gasteiger partial charge in [-0.2, -0.15) is 0 Å². The van der Waals surface area contributed by atoms with Crippen LogP contribution < -0.4 is 10.9 Å². The molecule has 0 saturated heterocycles. The minimum Gasteiger partial charge on any atom is -0.505 e. The molecule has 0 spiro atoms. The molecule has 3 aromatic rings. The van der Waals surface area contributed by atoms with Gasteiger partial charge in [0.1, 0.15) is 23.4 Å². The van der Waals surface area contributed by atoms with Crippen molar-refractivity contribution in [3.8, 4) is 5.75 Å². The van der Waals surface area contributed by atoms with Crippen LogP contribution in [-0.2, 0) is 16.0 Å². The quantitative estimate of drug-likeness (QED) is 0.308. The predicted molar refractivity (Wildman–Crippen MR) is 112 cm³/mol. The van der Waals surface area contributed by atoms with E-state index >= 15 is 0 Å². The van der Waals surface area contributed by atoms with Crippen LogP contribution in [0.1, 0.15) is 38.8 Å². The Labute approximate surface area is 181 Å². The van der Waals surface area contributed by atoms with Gasteiger partial charge in [0.25, 0.3) is 5.91 Å². The zero-order chi connectivity index (χ0) is 23.3. The molecule has 0 radical (unpaired) electrons. The van der Waals surface area contributed by atoms with Crippen molar-refractivity contribution in [2.75, 3.05) is 13.2 Å². The molecule has 0 atom stereocenters. The van der Waals surface area contributed by atoms with Gasteiger partial charge in [0.2, 0.25) is 0 Å². The Morgan fingerprint density at radius 2 is 1.81 bits per heavy atom. The zero-order valence-electron chi connectivity index (χ0n) is 17.0. The third-order valence-electron chi connectivity index (χ3n) is 4.54. The summed E-state index contributed by atoms with van der Waals surface area (Å²) < 4.78 is 17.9. The average molecular weight is 441 g/mol. The number of carboxylic acid groups (broad SMARTS) is 1. The first kappa shape index (κ1) is 22.6. The topological polar surface area (TPSA) is 138 Å². The molecule has 0 aliphatic carbocycles. The highest BCUT2D eigenvalue weighted by Crippen LogP contribution is 2.31. The molecular formula is C22H20FN3O6. The van der Waals surface area contributed by atoms with E-state index in [1.165, 1.54) is 18.3 Å². The van der Waals surface area contributed by atoms with Crippen LogP contribution in [-0.4, -0.2) is 46.2 Å². The molecule has 4 N–H and O–H groups in total. The number of hydrazine groups is 1. The predicted octanol–water partition coefficient (Wildman–Crippen LogP) is 2.17. The van der Waals surface area contributed by atoms with Crippen LogP contribution in [0, 0.1) is 5.82 Å². The number of hydrogen-bond donors (Lipinski definition) is 4. The van der Waals surface area contributed by atoms with E-state index in [4.69, 9.17) is 4.74 Å². The minimum atomic E-state index is -1.44. The number of aromatic nitrogens is 1. The number of aromatic hydroxyl groups is 1. The summed E-state index contributed by atoms with van der Waals surface area (Å²) in [5, 5.41) is 19.9. The van der Waals surface area contributed by atoms with Gasteiger partial charge < -0.3 is 14.9 Å². The third-order valence-corrected chi connectivity index (χ3v) is 4.54. The second kappa shape index (κ2) is 9.84. The number of aromatic carboxylic acids is 1. The Morgan fingerprint density at radius 3 is 2.47 bits per heavy atom. The number of carbonyl (C=O) groups excluding carboxylic acids is 2. The van der Waals surface area contributed by atoms with Crippen LogP contribution in [0.15, 0.2) is 42.6 Å². The molecule has 9 nitrogen and oxygen atoms in total. The van der Waals surface area contributed by atoms with E-state index < -0.39 is 29.2 Å². The summed E-state index contributed by atoms with van der Waals surface area (Å²) in [5.74, 6) is -3.70. The number of ether oxygens (including phenoxy) is 1. The number of nitrogens with zero attached hydrogens (tertiary/aromatic N) is 1. The molecule has 0 aliphatic rings. The van der Waals surface area contributed by atoms with Crippen molar-refractivity contribution in [2.24, 2.45) is 0 Å². The molecule has 0 unspecified atom stereocenters. The fourth-order valence-electron chi connectivity index (χ4n) is 3.08. The second-order valence-electron chi connectivity index (χ2n) is 6.78. The number of pyridine rings is 1. The van der Waals surface area contributed by atoms with E-state index in [1.807, 2.05) is 0 Å². The van der Waals surface area contributed by atoms with Gasteiger partial charge in [-0.05, 0) is 48.7 Å². The first-order valence-corrected chi connectivity index (χ1v) is 9.61. The summed E-state index contributed by atoms with van der Waals surface area (Å²) >= 11 is 0. The fraction of sp³-hybridized carbons (Fsp3) is 0.182. The van der Waals surface area contributed by atoms with Crippen molar-refractivity contribution in [3.05, 3.63) is 70.7 Å². The van der Waals surface area contributed by atoms with Gasteiger partial charge in [-0.3, -0.25) is 20.0 Å². The van der Waals surface area contributed by atoms with Gasteiger partial charge >= 0.3 is 11.9 Å². The summed E-state index contributed by atoms with van der Waals surface area (Å²) in [6.07, 6.45) is 1.81. The summed E-state index contributed by atoms with van der Waals surface area (Å²) in [5.41, 5.74) is 5.54. The lowest BCUT2D eigenvalue weighted by atomic mass is 9.99. The molecule has 1 amide bonds. The molecule has 0 fully saturated rings. The van der Waals surface area contributed by atoms with E-state index in [9.17, 15) is 29.0 Å². The Kier molecular flexibility index (Phi) is 6.96. The second-order valence-corrected chi connectivity index (χ2v) is 6.78. The number of rotatable bonds is 8. The molecule has 0 aliphatic heterocycles. The zero-order valence-corrected chi connectivity index (χ0v) is 17.0. The number of carboxylic acids is 1. The van der Waals surface area contributed by atoms with Gasteiger partial charge in [-0.1, -0.05) is 12.1 Å². The van der Waals surface area contributed by atoms with Gasteiger partial charge in [0.05, 0.1) is 12.2 Å². The summed E-state index contributed by atoms with van der Waals surface area (Å²) in [4.78, 5) is 39.8. The lowest BCUT2D eigenvalue weighted by molar-refractivity contribution is -0.142. The van der Waals surface area contributed by atoms with Crippen LogP contribution in [0.4, 0.5) is 4.39 Å². The first-order valence-electron chi connectivity index (χ1n) is 9.61. The Hall–Kier alpha value is -4.05. The van der Waals surface area contributed by atoms with Crippen molar-refractivity contribution in [1.29, 1.82) is 0 Å². The number of halogens is 1. The number of fused-ring (bicyclic) bond motifs is 1. The van der Waals surface area contributed by atoms with E-state index in [2.05, 4.69) is 15.8 Å². The molecule has 166 valence electrons. The van der Waals surface area contributed by atoms with Gasteiger partial charge in [0.15, 0.2) is 5.75 Å². The normalized spacial score (nSPS) is 10.7. The first-order chi connectivity index (χ1) is 15.3. The summed E-state index contributed by atoms with van der Waals surface area (Å²) in [7, 11) is 0. The van der Waals surface area contributed by atoms with E-state index in [1.54, 1.807) is 25.1 Å². The summed E-state index contributed by atoms with van der Waals surface area (Å²) in [6, 6.07) is 8.49. The number of phenols is 1. The Balaban J connectivity index is 1.96. The molecule has 1 aromatic heterocycles. The molecule has 3 rings (SSSR count). The van der Waals surface area contributed by atoms with E-state index in [0.29, 0.717) is 12.0 Å². The van der Waals surface area contributed by atoms with E-state index in [-0.39, 0.29) is 35.4 Å². The third kappa shape index (κ3) is 5.16. The van der Waals surface area contributed by atoms with Gasteiger partial charge in [0, 0.05) is 11.6 Å². The van der Waals surface area contributed by atoms with Crippen molar-refractivity contribution in [2.45, 2.75) is 13.3 Å². The van der Waals surface area contributed by atoms with Crippen LogP contribution in [0.25, 0.3) is 10.9 Å². The highest BCUT2D eigenvalue weighted by atomic mass is 19.1. The van der Waals surface area contributed by atoms with Gasteiger partial charge in [-0.15, -0.1) is 0 Å². The number of carbonyl (C=O) groups is 3. The van der Waals surface area contributed by atoms with Crippen molar-refractivity contribution < 1.29 is 33.7 Å². The summed E-state index contributed by atoms with van der Waals surface area (Å²) in [6.45, 7) is 1.53. The number of amides is 1. The fourth-order valence-corrected chi connectivity index (χ4v) is 3.08. The van der Waals surface area contributed by atoms with Crippen molar-refractivity contribution in [3.63, 3.8) is 0 Å². The molecule has 2 aromatic carbocycles. The average Bonchev–Trinajstić information content (AvgIpc) is 2.75. The smallest absolute Gasteiger partial charge is 0.339 e. The number of benzene rings is 2. The van der Waals surface area contributed by atoms with Crippen LogP contribution >= 0.6 is 0 Å². The van der Waals surface area contributed by atoms with Crippen LogP contribution in [0.2, 0.25) is 0 Å². The SMILES string of the molecule is CCOC(=O)CNNC(=O)c1cc(C(=O)O)c(O)c2ncc(Cc3ccc(F)cc3)cc12. The largest absolute Gasteiger partial charge is 0.505 e. The maximum Gasteiger partial charge on any atom is 0.339 e. The lowest BCUT2D eigenvalue weighted by Gasteiger charge is -2.13. The van der Waals surface area contributed by atoms with Gasteiger partial charge in [-0.25, -0.2) is 14.6 Å². The molecule has 0 saturated carbocycles. The number of hydrogen-bond acceptors (Lipinski definition) is 7. The maximum atomic E-state index is 13.2. The number of esters is 1. The Bertz CT molecular complexity index is 1180. The molecule has 0 bridgehead atoms. The van der Waals surface area contributed by atoms with Crippen LogP contribution in [0.3, 0.4) is 0 Å². The molecule has 1 heterocycles. The van der Waals surface area contributed by atoms with Crippen LogP contribution in [0.5, 0.6) is 5.75 Å². The molecule has 10 heteroatoms. The monoisotopic (exact) mass is 441 g/mol. The highest BCUT2D eigenvalue weighted by Gasteiger charge is 2.21. The minimum absolute atomic E-state index is 0.0664. The molecule has 32 heavy (non-hydrogen) atoms. The van der Waals surface area contributed by atoms with E-state index in [0.717, 1.165) is 11.6 Å².